The van der Waals surface area contributed by atoms with Gasteiger partial charge in [0.15, 0.2) is 0 Å². The van der Waals surface area contributed by atoms with Crippen molar-refractivity contribution in [1.29, 1.82) is 0 Å². The van der Waals surface area contributed by atoms with Crippen LogP contribution >= 0.6 is 0 Å². The van der Waals surface area contributed by atoms with Gasteiger partial charge in [-0.05, 0) is 80.9 Å². The summed E-state index contributed by atoms with van der Waals surface area (Å²) in [6.45, 7) is 5.34. The largest absolute Gasteiger partial charge is 0.494 e. The highest BCUT2D eigenvalue weighted by molar-refractivity contribution is 5.37. The Morgan fingerprint density at radius 1 is 1.15 bits per heavy atom. The van der Waals surface area contributed by atoms with E-state index in [0.29, 0.717) is 0 Å². The third kappa shape index (κ3) is 3.74. The van der Waals surface area contributed by atoms with Crippen molar-refractivity contribution in [2.24, 2.45) is 5.92 Å². The van der Waals surface area contributed by atoms with Crippen LogP contribution in [0.4, 0.5) is 0 Å². The number of hydrogen-bond acceptors (Lipinski definition) is 3. The molecule has 1 aromatic carbocycles. The van der Waals surface area contributed by atoms with E-state index in [1.54, 1.807) is 0 Å². The van der Waals surface area contributed by atoms with Crippen LogP contribution in [0.2, 0.25) is 0 Å². The molecule has 2 aliphatic heterocycles. The quantitative estimate of drug-likeness (QED) is 0.809. The first kappa shape index (κ1) is 13.9. The van der Waals surface area contributed by atoms with Crippen LogP contribution in [-0.2, 0) is 13.0 Å². The molecule has 1 aromatic rings. The molecule has 3 heteroatoms. The average Bonchev–Trinajstić information content (AvgIpc) is 2.52. The fourth-order valence-electron chi connectivity index (χ4n) is 3.28. The van der Waals surface area contributed by atoms with Gasteiger partial charge in [-0.1, -0.05) is 6.07 Å². The van der Waals surface area contributed by atoms with Gasteiger partial charge in [0.05, 0.1) is 6.61 Å². The molecule has 0 aromatic heterocycles. The summed E-state index contributed by atoms with van der Waals surface area (Å²) < 4.78 is 5.91. The summed E-state index contributed by atoms with van der Waals surface area (Å²) in [7, 11) is 0. The van der Waals surface area contributed by atoms with Gasteiger partial charge >= 0.3 is 0 Å². The monoisotopic (exact) mass is 274 g/mol. The fourth-order valence-corrected chi connectivity index (χ4v) is 3.28. The number of hydrogen-bond donors (Lipinski definition) is 2. The summed E-state index contributed by atoms with van der Waals surface area (Å²) in [6, 6.07) is 6.58. The van der Waals surface area contributed by atoms with Crippen molar-refractivity contribution >= 4 is 0 Å². The summed E-state index contributed by atoms with van der Waals surface area (Å²) in [5.41, 5.74) is 2.88. The molecule has 3 rings (SSSR count). The lowest BCUT2D eigenvalue weighted by atomic mass is 9.95. The van der Waals surface area contributed by atoms with Gasteiger partial charge in [0, 0.05) is 6.54 Å². The van der Waals surface area contributed by atoms with Crippen molar-refractivity contribution in [3.63, 3.8) is 0 Å². The number of benzene rings is 1. The maximum absolute atomic E-state index is 5.91. The molecule has 1 atom stereocenters. The fraction of sp³-hybridized carbons (Fsp3) is 0.647. The molecule has 1 fully saturated rings. The first-order valence-corrected chi connectivity index (χ1v) is 8.08. The van der Waals surface area contributed by atoms with E-state index in [1.165, 1.54) is 49.9 Å². The zero-order valence-electron chi connectivity index (χ0n) is 12.3. The minimum atomic E-state index is 0.850. The molecular weight excluding hydrogens is 248 g/mol. The number of fused-ring (bicyclic) bond motifs is 1. The molecule has 0 saturated carbocycles. The van der Waals surface area contributed by atoms with Crippen LogP contribution in [0.1, 0.15) is 36.8 Å². The number of piperidine rings is 1. The molecule has 20 heavy (non-hydrogen) atoms. The third-order valence-electron chi connectivity index (χ3n) is 4.49. The Bertz CT molecular complexity index is 427. The normalized spacial score (nSPS) is 22.3. The SMILES string of the molecule is c1cc2c(cc1OCCCC1CCCNC1)CNCC2. The molecule has 110 valence electrons. The summed E-state index contributed by atoms with van der Waals surface area (Å²) in [4.78, 5) is 0. The van der Waals surface area contributed by atoms with E-state index in [9.17, 15) is 0 Å². The predicted molar refractivity (Wildman–Crippen MR) is 82.2 cm³/mol. The van der Waals surface area contributed by atoms with Crippen molar-refractivity contribution < 1.29 is 4.74 Å². The van der Waals surface area contributed by atoms with Gasteiger partial charge in [0.25, 0.3) is 0 Å². The summed E-state index contributed by atoms with van der Waals surface area (Å²) in [5.74, 6) is 1.90. The summed E-state index contributed by atoms with van der Waals surface area (Å²) in [5, 5.41) is 6.90. The maximum atomic E-state index is 5.91. The highest BCUT2D eigenvalue weighted by Gasteiger charge is 2.12. The smallest absolute Gasteiger partial charge is 0.119 e. The molecule has 0 spiro atoms. The zero-order valence-corrected chi connectivity index (χ0v) is 12.3. The predicted octanol–water partition coefficient (Wildman–Crippen LogP) is 2.49. The molecule has 2 aliphatic rings. The lowest BCUT2D eigenvalue weighted by molar-refractivity contribution is 0.275. The Labute approximate surface area is 122 Å². The van der Waals surface area contributed by atoms with Gasteiger partial charge in [0.2, 0.25) is 0 Å². The Morgan fingerprint density at radius 2 is 2.15 bits per heavy atom. The van der Waals surface area contributed by atoms with Crippen molar-refractivity contribution in [3.8, 4) is 5.75 Å². The molecule has 0 amide bonds. The van der Waals surface area contributed by atoms with E-state index >= 15 is 0 Å². The van der Waals surface area contributed by atoms with E-state index in [-0.39, 0.29) is 0 Å². The van der Waals surface area contributed by atoms with Crippen LogP contribution in [0.25, 0.3) is 0 Å². The first-order valence-electron chi connectivity index (χ1n) is 8.08. The van der Waals surface area contributed by atoms with Crippen LogP contribution < -0.4 is 15.4 Å². The Hall–Kier alpha value is -1.06. The maximum Gasteiger partial charge on any atom is 0.119 e. The molecule has 0 bridgehead atoms. The van der Waals surface area contributed by atoms with Gasteiger partial charge in [-0.2, -0.15) is 0 Å². The van der Waals surface area contributed by atoms with Gasteiger partial charge in [0.1, 0.15) is 5.75 Å². The topological polar surface area (TPSA) is 33.3 Å². The molecule has 0 aliphatic carbocycles. The summed E-state index contributed by atoms with van der Waals surface area (Å²) in [6.07, 6.45) is 6.33. The Kier molecular flexibility index (Phi) is 4.93. The highest BCUT2D eigenvalue weighted by atomic mass is 16.5. The molecule has 2 N–H and O–H groups in total. The Morgan fingerprint density at radius 3 is 3.05 bits per heavy atom. The van der Waals surface area contributed by atoms with E-state index in [0.717, 1.165) is 37.8 Å². The second kappa shape index (κ2) is 7.09. The van der Waals surface area contributed by atoms with Gasteiger partial charge < -0.3 is 15.4 Å². The number of rotatable bonds is 5. The minimum absolute atomic E-state index is 0.850. The third-order valence-corrected chi connectivity index (χ3v) is 4.49. The molecule has 0 radical (unpaired) electrons. The van der Waals surface area contributed by atoms with Gasteiger partial charge in [-0.3, -0.25) is 0 Å². The van der Waals surface area contributed by atoms with E-state index in [1.807, 2.05) is 0 Å². The first-order chi connectivity index (χ1) is 9.92. The Balaban J connectivity index is 1.41. The summed E-state index contributed by atoms with van der Waals surface area (Å²) >= 11 is 0. The van der Waals surface area contributed by atoms with Crippen LogP contribution in [-0.4, -0.2) is 26.2 Å². The number of nitrogens with one attached hydrogen (secondary N) is 2. The van der Waals surface area contributed by atoms with Crippen molar-refractivity contribution in [2.45, 2.75) is 38.6 Å². The average molecular weight is 274 g/mol. The van der Waals surface area contributed by atoms with Crippen LogP contribution in [0, 0.1) is 5.92 Å². The van der Waals surface area contributed by atoms with Crippen molar-refractivity contribution in [3.05, 3.63) is 29.3 Å². The lowest BCUT2D eigenvalue weighted by Gasteiger charge is -2.22. The second-order valence-electron chi connectivity index (χ2n) is 6.06. The lowest BCUT2D eigenvalue weighted by Crippen LogP contribution is -2.29. The van der Waals surface area contributed by atoms with Crippen molar-refractivity contribution in [2.75, 3.05) is 26.2 Å². The van der Waals surface area contributed by atoms with Crippen LogP contribution in [0.3, 0.4) is 0 Å². The van der Waals surface area contributed by atoms with Crippen LogP contribution in [0.5, 0.6) is 5.75 Å². The number of ether oxygens (including phenoxy) is 1. The molecule has 1 saturated heterocycles. The van der Waals surface area contributed by atoms with Crippen molar-refractivity contribution in [1.82, 2.24) is 10.6 Å². The molecular formula is C17H26N2O. The highest BCUT2D eigenvalue weighted by Crippen LogP contribution is 2.21. The molecule has 1 unspecified atom stereocenters. The second-order valence-corrected chi connectivity index (χ2v) is 6.06. The van der Waals surface area contributed by atoms with Gasteiger partial charge in [-0.15, -0.1) is 0 Å². The molecule has 3 nitrogen and oxygen atoms in total. The van der Waals surface area contributed by atoms with E-state index in [4.69, 9.17) is 4.74 Å². The van der Waals surface area contributed by atoms with Gasteiger partial charge in [-0.25, -0.2) is 0 Å². The standard InChI is InChI=1S/C17H26N2O/c1-3-14(12-18-8-1)4-2-10-20-17-6-5-15-7-9-19-13-16(15)11-17/h5-6,11,14,18-19H,1-4,7-10,12-13H2. The minimum Gasteiger partial charge on any atom is -0.494 e. The van der Waals surface area contributed by atoms with E-state index < -0.39 is 0 Å². The molecule has 2 heterocycles. The zero-order chi connectivity index (χ0) is 13.6. The van der Waals surface area contributed by atoms with E-state index in [2.05, 4.69) is 28.8 Å². The van der Waals surface area contributed by atoms with Crippen LogP contribution in [0.15, 0.2) is 18.2 Å².